The second kappa shape index (κ2) is 11.3. The zero-order chi connectivity index (χ0) is 20.4. The van der Waals surface area contributed by atoms with Crippen molar-refractivity contribution < 1.29 is 14.3 Å². The van der Waals surface area contributed by atoms with Crippen LogP contribution >= 0.6 is 11.3 Å². The molecule has 1 heterocycles. The van der Waals surface area contributed by atoms with E-state index in [0.29, 0.717) is 13.1 Å². The lowest BCUT2D eigenvalue weighted by molar-refractivity contribution is -0.121. The Kier molecular flexibility index (Phi) is 8.71. The summed E-state index contributed by atoms with van der Waals surface area (Å²) in [7, 11) is 1.63. The van der Waals surface area contributed by atoms with Gasteiger partial charge in [-0.3, -0.25) is 15.0 Å². The third kappa shape index (κ3) is 7.17. The highest BCUT2D eigenvalue weighted by Gasteiger charge is 2.20. The Labute approximate surface area is 170 Å². The number of thiophene rings is 1. The fraction of sp³-hybridized carbons (Fsp3) is 0.333. The number of ether oxygens (including phenoxy) is 1. The van der Waals surface area contributed by atoms with Crippen LogP contribution in [-0.2, 0) is 17.8 Å². The monoisotopic (exact) mass is 401 g/mol. The van der Waals surface area contributed by atoms with Gasteiger partial charge in [-0.1, -0.05) is 24.3 Å². The summed E-state index contributed by atoms with van der Waals surface area (Å²) in [5, 5.41) is 6.96. The van der Waals surface area contributed by atoms with Crippen molar-refractivity contribution in [3.8, 4) is 5.75 Å². The van der Waals surface area contributed by atoms with Gasteiger partial charge in [0.05, 0.1) is 13.7 Å². The predicted octanol–water partition coefficient (Wildman–Crippen LogP) is 3.20. The van der Waals surface area contributed by atoms with Gasteiger partial charge in [-0.05, 0) is 42.5 Å². The third-order valence-electron chi connectivity index (χ3n) is 4.25. The van der Waals surface area contributed by atoms with Crippen molar-refractivity contribution >= 4 is 23.3 Å². The summed E-state index contributed by atoms with van der Waals surface area (Å²) in [6.45, 7) is 6.66. The highest BCUT2D eigenvalue weighted by molar-refractivity contribution is 7.09. The van der Waals surface area contributed by atoms with E-state index in [1.807, 2.05) is 35.7 Å². The molecule has 0 saturated carbocycles. The van der Waals surface area contributed by atoms with Crippen LogP contribution in [0, 0.1) is 0 Å². The molecular weight excluding hydrogens is 374 g/mol. The molecule has 28 heavy (non-hydrogen) atoms. The second-order valence-electron chi connectivity index (χ2n) is 6.43. The highest BCUT2D eigenvalue weighted by atomic mass is 32.1. The minimum absolute atomic E-state index is 0.125. The van der Waals surface area contributed by atoms with Crippen LogP contribution in [0.25, 0.3) is 0 Å². The lowest BCUT2D eigenvalue weighted by atomic mass is 10.1. The molecule has 0 radical (unpaired) electrons. The van der Waals surface area contributed by atoms with E-state index in [1.165, 1.54) is 4.88 Å². The van der Waals surface area contributed by atoms with Gasteiger partial charge in [0, 0.05) is 24.0 Å². The van der Waals surface area contributed by atoms with E-state index in [0.717, 1.165) is 17.7 Å². The molecular formula is C21H27N3O3S. The lowest BCUT2D eigenvalue weighted by Crippen LogP contribution is -2.46. The molecule has 1 aromatic carbocycles. The number of rotatable bonds is 10. The van der Waals surface area contributed by atoms with E-state index < -0.39 is 6.03 Å². The van der Waals surface area contributed by atoms with E-state index in [-0.39, 0.29) is 18.5 Å². The number of amides is 3. The average molecular weight is 402 g/mol. The normalized spacial score (nSPS) is 11.7. The molecule has 2 rings (SSSR count). The van der Waals surface area contributed by atoms with Crippen LogP contribution in [0.5, 0.6) is 5.75 Å². The molecule has 2 aromatic rings. The van der Waals surface area contributed by atoms with E-state index in [4.69, 9.17) is 4.74 Å². The summed E-state index contributed by atoms with van der Waals surface area (Å²) in [6, 6.07) is 11.5. The summed E-state index contributed by atoms with van der Waals surface area (Å²) in [5.41, 5.74) is 1.07. The SMILES string of the molecule is C=CCNC(=O)NC(=O)CN(Cc1ccc(OC)cc1)[C@@H](C)Cc1cccs1. The third-order valence-corrected chi connectivity index (χ3v) is 5.15. The molecule has 0 aliphatic heterocycles. The Morgan fingerprint density at radius 2 is 2.04 bits per heavy atom. The summed E-state index contributed by atoms with van der Waals surface area (Å²) >= 11 is 1.70. The summed E-state index contributed by atoms with van der Waals surface area (Å²) in [5.74, 6) is 0.451. The topological polar surface area (TPSA) is 70.7 Å². The predicted molar refractivity (Wildman–Crippen MR) is 113 cm³/mol. The molecule has 0 fully saturated rings. The van der Waals surface area contributed by atoms with Gasteiger partial charge in [0.1, 0.15) is 5.75 Å². The molecule has 6 nitrogen and oxygen atoms in total. The van der Waals surface area contributed by atoms with E-state index >= 15 is 0 Å². The fourth-order valence-electron chi connectivity index (χ4n) is 2.74. The molecule has 1 atom stereocenters. The van der Waals surface area contributed by atoms with Crippen molar-refractivity contribution in [2.45, 2.75) is 25.9 Å². The Morgan fingerprint density at radius 1 is 1.29 bits per heavy atom. The molecule has 0 saturated heterocycles. The largest absolute Gasteiger partial charge is 0.497 e. The van der Waals surface area contributed by atoms with Gasteiger partial charge in [-0.25, -0.2) is 4.79 Å². The first-order chi connectivity index (χ1) is 13.5. The number of hydrogen-bond donors (Lipinski definition) is 2. The number of carbonyl (C=O) groups excluding carboxylic acids is 2. The van der Waals surface area contributed by atoms with Crippen LogP contribution in [0.15, 0.2) is 54.4 Å². The van der Waals surface area contributed by atoms with Gasteiger partial charge in [-0.15, -0.1) is 17.9 Å². The first-order valence-corrected chi connectivity index (χ1v) is 9.97. The van der Waals surface area contributed by atoms with Crippen LogP contribution in [0.3, 0.4) is 0 Å². The average Bonchev–Trinajstić information content (AvgIpc) is 3.19. The number of benzene rings is 1. The minimum atomic E-state index is -0.514. The second-order valence-corrected chi connectivity index (χ2v) is 7.46. The molecule has 7 heteroatoms. The van der Waals surface area contributed by atoms with Gasteiger partial charge in [0.25, 0.3) is 0 Å². The molecule has 150 valence electrons. The number of nitrogens with zero attached hydrogens (tertiary/aromatic N) is 1. The quantitative estimate of drug-likeness (QED) is 0.600. The molecule has 3 amide bonds. The molecule has 0 aliphatic rings. The van der Waals surface area contributed by atoms with Crippen molar-refractivity contribution in [3.63, 3.8) is 0 Å². The molecule has 2 N–H and O–H groups in total. The van der Waals surface area contributed by atoms with Crippen LogP contribution in [0.4, 0.5) is 4.79 Å². The zero-order valence-corrected chi connectivity index (χ0v) is 17.1. The molecule has 0 bridgehead atoms. The Bertz CT molecular complexity index is 760. The van der Waals surface area contributed by atoms with Crippen molar-refractivity contribution in [1.29, 1.82) is 0 Å². The van der Waals surface area contributed by atoms with Crippen LogP contribution in [-0.4, -0.2) is 43.1 Å². The Morgan fingerprint density at radius 3 is 2.64 bits per heavy atom. The summed E-state index contributed by atoms with van der Waals surface area (Å²) in [4.78, 5) is 27.4. The van der Waals surface area contributed by atoms with Gasteiger partial charge < -0.3 is 10.1 Å². The van der Waals surface area contributed by atoms with Gasteiger partial charge in [0.15, 0.2) is 0 Å². The van der Waals surface area contributed by atoms with Crippen LogP contribution in [0.1, 0.15) is 17.4 Å². The maximum absolute atomic E-state index is 12.4. The summed E-state index contributed by atoms with van der Waals surface area (Å²) in [6.07, 6.45) is 2.40. The number of methoxy groups -OCH3 is 1. The number of nitrogens with one attached hydrogen (secondary N) is 2. The molecule has 0 unspecified atom stereocenters. The van der Waals surface area contributed by atoms with Gasteiger partial charge in [-0.2, -0.15) is 0 Å². The molecule has 0 spiro atoms. The van der Waals surface area contributed by atoms with Crippen LogP contribution < -0.4 is 15.4 Å². The van der Waals surface area contributed by atoms with Crippen molar-refractivity contribution in [2.75, 3.05) is 20.2 Å². The smallest absolute Gasteiger partial charge is 0.321 e. The number of carbonyl (C=O) groups is 2. The molecule has 1 aromatic heterocycles. The summed E-state index contributed by atoms with van der Waals surface area (Å²) < 4.78 is 5.20. The van der Waals surface area contributed by atoms with Crippen molar-refractivity contribution in [3.05, 3.63) is 64.9 Å². The van der Waals surface area contributed by atoms with E-state index in [1.54, 1.807) is 24.5 Å². The number of imide groups is 1. The number of urea groups is 1. The van der Waals surface area contributed by atoms with Gasteiger partial charge >= 0.3 is 6.03 Å². The minimum Gasteiger partial charge on any atom is -0.497 e. The fourth-order valence-corrected chi connectivity index (χ4v) is 3.57. The highest BCUT2D eigenvalue weighted by Crippen LogP contribution is 2.18. The number of hydrogen-bond acceptors (Lipinski definition) is 5. The van der Waals surface area contributed by atoms with E-state index in [2.05, 4.69) is 35.1 Å². The maximum atomic E-state index is 12.4. The zero-order valence-electron chi connectivity index (χ0n) is 16.3. The first kappa shape index (κ1) is 21.7. The first-order valence-electron chi connectivity index (χ1n) is 9.09. The van der Waals surface area contributed by atoms with E-state index in [9.17, 15) is 9.59 Å². The van der Waals surface area contributed by atoms with Gasteiger partial charge in [0.2, 0.25) is 5.91 Å². The van der Waals surface area contributed by atoms with Crippen molar-refractivity contribution in [1.82, 2.24) is 15.5 Å². The maximum Gasteiger partial charge on any atom is 0.321 e. The Hall–Kier alpha value is -2.64. The Balaban J connectivity index is 2.04. The van der Waals surface area contributed by atoms with Crippen LogP contribution in [0.2, 0.25) is 0 Å². The standard InChI is InChI=1S/C21H27N3O3S/c1-4-11-22-21(26)23-20(25)15-24(16(2)13-19-6-5-12-28-19)14-17-7-9-18(27-3)10-8-17/h4-10,12,16H,1,11,13-15H2,2-3H3,(H2,22,23,25,26)/t16-/m0/s1. The van der Waals surface area contributed by atoms with Crippen molar-refractivity contribution in [2.24, 2.45) is 0 Å². The molecule has 0 aliphatic carbocycles. The lowest BCUT2D eigenvalue weighted by Gasteiger charge is -2.28.